The number of carbonyl (C=O) groups is 1. The normalized spacial score (nSPS) is 11.1. The zero-order valence-electron chi connectivity index (χ0n) is 12.2. The molecule has 2 aromatic heterocycles. The van der Waals surface area contributed by atoms with Gasteiger partial charge in [-0.3, -0.25) is 4.79 Å². The van der Waals surface area contributed by atoms with Crippen molar-refractivity contribution < 1.29 is 4.79 Å². The van der Waals surface area contributed by atoms with Gasteiger partial charge >= 0.3 is 0 Å². The maximum absolute atomic E-state index is 12.2. The van der Waals surface area contributed by atoms with Gasteiger partial charge in [-0.2, -0.15) is 5.10 Å². The van der Waals surface area contributed by atoms with Gasteiger partial charge in [0.2, 0.25) is 0 Å². The molecule has 1 amide bonds. The van der Waals surface area contributed by atoms with Gasteiger partial charge in [-0.1, -0.05) is 23.7 Å². The Morgan fingerprint density at radius 3 is 2.86 bits per heavy atom. The summed E-state index contributed by atoms with van der Waals surface area (Å²) in [6.45, 7) is 3.82. The number of carbonyl (C=O) groups excluding carboxylic acids is 1. The first kappa shape index (κ1) is 14.5. The van der Waals surface area contributed by atoms with E-state index in [1.807, 2.05) is 44.2 Å². The van der Waals surface area contributed by atoms with E-state index < -0.39 is 0 Å². The van der Waals surface area contributed by atoms with E-state index in [2.05, 4.69) is 15.4 Å². The zero-order chi connectivity index (χ0) is 15.7. The fraction of sp³-hybridized carbons (Fsp3) is 0.188. The summed E-state index contributed by atoms with van der Waals surface area (Å²) in [6, 6.07) is 9.38. The van der Waals surface area contributed by atoms with Crippen molar-refractivity contribution in [3.05, 3.63) is 53.3 Å². The molecule has 0 aliphatic rings. The predicted octanol–water partition coefficient (Wildman–Crippen LogP) is 3.19. The molecule has 0 aliphatic heterocycles. The maximum atomic E-state index is 12.2. The second-order valence-corrected chi connectivity index (χ2v) is 5.70. The summed E-state index contributed by atoms with van der Waals surface area (Å²) in [4.78, 5) is 16.5. The van der Waals surface area contributed by atoms with E-state index in [4.69, 9.17) is 11.6 Å². The molecule has 1 N–H and O–H groups in total. The highest BCUT2D eigenvalue weighted by atomic mass is 35.5. The van der Waals surface area contributed by atoms with Crippen LogP contribution in [0.15, 0.2) is 42.7 Å². The van der Waals surface area contributed by atoms with Gasteiger partial charge < -0.3 is 5.32 Å². The summed E-state index contributed by atoms with van der Waals surface area (Å²) < 4.78 is 1.65. The molecule has 0 radical (unpaired) electrons. The molecule has 0 unspecified atom stereocenters. The Balaban J connectivity index is 2.12. The number of hydrogen-bond acceptors (Lipinski definition) is 3. The van der Waals surface area contributed by atoms with Crippen LogP contribution in [-0.2, 0) is 0 Å². The lowest BCUT2D eigenvalue weighted by Crippen LogP contribution is -2.30. The number of benzene rings is 1. The van der Waals surface area contributed by atoms with E-state index in [0.717, 1.165) is 11.3 Å². The maximum Gasteiger partial charge on any atom is 0.256 e. The quantitative estimate of drug-likeness (QED) is 0.807. The minimum atomic E-state index is -0.180. The molecular formula is C16H15ClN4O. The van der Waals surface area contributed by atoms with Crippen LogP contribution in [0.4, 0.5) is 0 Å². The molecule has 3 aromatic rings. The van der Waals surface area contributed by atoms with Crippen molar-refractivity contribution in [2.75, 3.05) is 0 Å². The Kier molecular flexibility index (Phi) is 3.81. The van der Waals surface area contributed by atoms with Crippen LogP contribution in [0.2, 0.25) is 5.02 Å². The molecule has 0 spiro atoms. The van der Waals surface area contributed by atoms with E-state index in [1.54, 1.807) is 10.7 Å². The Hall–Kier alpha value is -2.40. The molecule has 5 nitrogen and oxygen atoms in total. The molecule has 2 heterocycles. The summed E-state index contributed by atoms with van der Waals surface area (Å²) in [6.07, 6.45) is 3.20. The fourth-order valence-electron chi connectivity index (χ4n) is 2.26. The summed E-state index contributed by atoms with van der Waals surface area (Å²) in [5.41, 5.74) is 2.73. The number of rotatable bonds is 3. The molecule has 0 atom stereocenters. The number of fused-ring (bicyclic) bond motifs is 1. The van der Waals surface area contributed by atoms with E-state index in [-0.39, 0.29) is 11.9 Å². The topological polar surface area (TPSA) is 59.3 Å². The smallest absolute Gasteiger partial charge is 0.256 e. The molecule has 0 fully saturated rings. The SMILES string of the molecule is CC(C)NC(=O)c1cnn2c(-c3cccc(Cl)c3)ccnc12. The zero-order valence-corrected chi connectivity index (χ0v) is 13.0. The Bertz CT molecular complexity index is 841. The van der Waals surface area contributed by atoms with Crippen LogP contribution < -0.4 is 5.32 Å². The number of amides is 1. The van der Waals surface area contributed by atoms with Gasteiger partial charge in [0.15, 0.2) is 5.65 Å². The third-order valence-electron chi connectivity index (χ3n) is 3.19. The second kappa shape index (κ2) is 5.77. The van der Waals surface area contributed by atoms with Crippen LogP contribution in [0.1, 0.15) is 24.2 Å². The number of halogens is 1. The first-order valence-corrected chi connectivity index (χ1v) is 7.33. The van der Waals surface area contributed by atoms with Crippen molar-refractivity contribution in [2.24, 2.45) is 0 Å². The van der Waals surface area contributed by atoms with Crippen LogP contribution in [0.3, 0.4) is 0 Å². The van der Waals surface area contributed by atoms with Crippen molar-refractivity contribution in [1.82, 2.24) is 19.9 Å². The number of aromatic nitrogens is 3. The third kappa shape index (κ3) is 2.67. The largest absolute Gasteiger partial charge is 0.350 e. The van der Waals surface area contributed by atoms with E-state index in [1.165, 1.54) is 6.20 Å². The second-order valence-electron chi connectivity index (χ2n) is 5.26. The van der Waals surface area contributed by atoms with Gasteiger partial charge in [-0.25, -0.2) is 9.50 Å². The minimum absolute atomic E-state index is 0.0542. The van der Waals surface area contributed by atoms with Gasteiger partial charge in [-0.05, 0) is 32.0 Å². The summed E-state index contributed by atoms with van der Waals surface area (Å²) >= 11 is 6.05. The van der Waals surface area contributed by atoms with Crippen molar-refractivity contribution in [1.29, 1.82) is 0 Å². The average Bonchev–Trinajstić information content (AvgIpc) is 2.90. The van der Waals surface area contributed by atoms with Crippen LogP contribution >= 0.6 is 11.6 Å². The highest BCUT2D eigenvalue weighted by Gasteiger charge is 2.16. The van der Waals surface area contributed by atoms with E-state index in [0.29, 0.717) is 16.2 Å². The monoisotopic (exact) mass is 314 g/mol. The minimum Gasteiger partial charge on any atom is -0.350 e. The van der Waals surface area contributed by atoms with Gasteiger partial charge in [0.1, 0.15) is 5.56 Å². The molecule has 112 valence electrons. The molecule has 3 rings (SSSR count). The van der Waals surface area contributed by atoms with Gasteiger partial charge in [0.05, 0.1) is 11.9 Å². The molecule has 0 bridgehead atoms. The van der Waals surface area contributed by atoms with Crippen molar-refractivity contribution >= 4 is 23.2 Å². The molecule has 0 saturated heterocycles. The van der Waals surface area contributed by atoms with Crippen LogP contribution in [0.25, 0.3) is 16.9 Å². The third-order valence-corrected chi connectivity index (χ3v) is 3.42. The Labute approximate surface area is 132 Å². The summed E-state index contributed by atoms with van der Waals surface area (Å²) in [7, 11) is 0. The summed E-state index contributed by atoms with van der Waals surface area (Å²) in [5.74, 6) is -0.180. The van der Waals surface area contributed by atoms with Gasteiger partial charge in [0, 0.05) is 22.8 Å². The van der Waals surface area contributed by atoms with Crippen molar-refractivity contribution in [3.63, 3.8) is 0 Å². The standard InChI is InChI=1S/C16H15ClN4O/c1-10(2)20-16(22)13-9-19-21-14(6-7-18-15(13)21)11-4-3-5-12(17)8-11/h3-10H,1-2H3,(H,20,22). The number of nitrogens with zero attached hydrogens (tertiary/aromatic N) is 3. The Morgan fingerprint density at radius 2 is 2.14 bits per heavy atom. The lowest BCUT2D eigenvalue weighted by Gasteiger charge is -2.07. The van der Waals surface area contributed by atoms with E-state index >= 15 is 0 Å². The highest BCUT2D eigenvalue weighted by Crippen LogP contribution is 2.23. The average molecular weight is 315 g/mol. The molecule has 22 heavy (non-hydrogen) atoms. The van der Waals surface area contributed by atoms with E-state index in [9.17, 15) is 4.79 Å². The van der Waals surface area contributed by atoms with Gasteiger partial charge in [-0.15, -0.1) is 0 Å². The van der Waals surface area contributed by atoms with Crippen molar-refractivity contribution in [3.8, 4) is 11.3 Å². The number of hydrogen-bond donors (Lipinski definition) is 1. The Morgan fingerprint density at radius 1 is 1.32 bits per heavy atom. The fourth-order valence-corrected chi connectivity index (χ4v) is 2.45. The molecule has 0 saturated carbocycles. The lowest BCUT2D eigenvalue weighted by molar-refractivity contribution is 0.0944. The van der Waals surface area contributed by atoms with Crippen molar-refractivity contribution in [2.45, 2.75) is 19.9 Å². The van der Waals surface area contributed by atoms with Gasteiger partial charge in [0.25, 0.3) is 5.91 Å². The highest BCUT2D eigenvalue weighted by molar-refractivity contribution is 6.30. The number of nitrogens with one attached hydrogen (secondary N) is 1. The lowest BCUT2D eigenvalue weighted by atomic mass is 10.1. The first-order chi connectivity index (χ1) is 10.6. The molecule has 6 heteroatoms. The van der Waals surface area contributed by atoms with Crippen LogP contribution in [0.5, 0.6) is 0 Å². The predicted molar refractivity (Wildman–Crippen MR) is 86.0 cm³/mol. The molecule has 1 aromatic carbocycles. The van der Waals surface area contributed by atoms with Crippen LogP contribution in [0, 0.1) is 0 Å². The summed E-state index contributed by atoms with van der Waals surface area (Å²) in [5, 5.41) is 7.80. The first-order valence-electron chi connectivity index (χ1n) is 6.96. The van der Waals surface area contributed by atoms with Crippen LogP contribution in [-0.4, -0.2) is 26.5 Å². The molecular weight excluding hydrogens is 300 g/mol. The molecule has 0 aliphatic carbocycles.